The third-order valence-electron chi connectivity index (χ3n) is 3.23. The van der Waals surface area contributed by atoms with Crippen molar-refractivity contribution in [2.24, 2.45) is 0 Å². The molecule has 0 aliphatic rings. The number of halogens is 1. The summed E-state index contributed by atoms with van der Waals surface area (Å²) in [6.07, 6.45) is 0. The summed E-state index contributed by atoms with van der Waals surface area (Å²) in [6.45, 7) is 3.13. The van der Waals surface area contributed by atoms with Crippen LogP contribution in [0.4, 0.5) is 0 Å². The van der Waals surface area contributed by atoms with Crippen LogP contribution in [-0.2, 0) is 10.0 Å². The molecule has 2 aromatic carbocycles. The Hall–Kier alpha value is -1.69. The van der Waals surface area contributed by atoms with Crippen molar-refractivity contribution in [1.82, 2.24) is 4.72 Å². The molecule has 0 bridgehead atoms. The number of rotatable bonds is 5. The number of ketones is 1. The number of sulfonamides is 1. The molecule has 22 heavy (non-hydrogen) atoms. The van der Waals surface area contributed by atoms with Crippen LogP contribution in [0.3, 0.4) is 0 Å². The largest absolute Gasteiger partial charge is 0.295 e. The van der Waals surface area contributed by atoms with Gasteiger partial charge in [-0.3, -0.25) is 4.79 Å². The number of carbonyl (C=O) groups is 1. The minimum absolute atomic E-state index is 0.0640. The van der Waals surface area contributed by atoms with Gasteiger partial charge in [-0.1, -0.05) is 35.9 Å². The van der Waals surface area contributed by atoms with Crippen LogP contribution in [0, 0.1) is 0 Å². The molecule has 4 nitrogen and oxygen atoms in total. The van der Waals surface area contributed by atoms with E-state index in [0.717, 1.165) is 5.56 Å². The monoisotopic (exact) mass is 337 g/mol. The van der Waals surface area contributed by atoms with Gasteiger partial charge in [0.1, 0.15) is 0 Å². The highest BCUT2D eigenvalue weighted by Crippen LogP contribution is 2.20. The van der Waals surface area contributed by atoms with Crippen LogP contribution < -0.4 is 4.72 Å². The summed E-state index contributed by atoms with van der Waals surface area (Å²) in [6, 6.07) is 12.5. The summed E-state index contributed by atoms with van der Waals surface area (Å²) >= 11 is 5.92. The van der Waals surface area contributed by atoms with E-state index in [9.17, 15) is 13.2 Å². The van der Waals surface area contributed by atoms with Crippen LogP contribution in [-0.4, -0.2) is 14.2 Å². The van der Waals surface area contributed by atoms with Crippen molar-refractivity contribution in [3.8, 4) is 0 Å². The van der Waals surface area contributed by atoms with Crippen molar-refractivity contribution in [3.05, 3.63) is 64.7 Å². The minimum Gasteiger partial charge on any atom is -0.295 e. The topological polar surface area (TPSA) is 63.2 Å². The lowest BCUT2D eigenvalue weighted by atomic mass is 10.1. The lowest BCUT2D eigenvalue weighted by Crippen LogP contribution is -2.27. The lowest BCUT2D eigenvalue weighted by Gasteiger charge is -2.15. The predicted octanol–water partition coefficient (Wildman–Crippen LogP) is 3.58. The molecule has 0 saturated heterocycles. The van der Waals surface area contributed by atoms with Gasteiger partial charge in [0.2, 0.25) is 10.0 Å². The third-order valence-corrected chi connectivity index (χ3v) is 5.00. The van der Waals surface area contributed by atoms with Crippen LogP contribution in [0.2, 0.25) is 5.02 Å². The number of hydrogen-bond donors (Lipinski definition) is 1. The van der Waals surface area contributed by atoms with Gasteiger partial charge in [-0.25, -0.2) is 13.1 Å². The van der Waals surface area contributed by atoms with E-state index in [1.165, 1.54) is 19.1 Å². The minimum atomic E-state index is -3.72. The van der Waals surface area contributed by atoms with E-state index in [0.29, 0.717) is 10.6 Å². The standard InChI is InChI=1S/C16H16ClNO3S/c1-11(13-5-3-7-15(17)9-13)18-22(20,21)16-8-4-6-14(10-16)12(2)19/h3-11,18H,1-2H3. The Morgan fingerprint density at radius 1 is 1.14 bits per heavy atom. The fraction of sp³-hybridized carbons (Fsp3) is 0.188. The molecular weight excluding hydrogens is 322 g/mol. The first-order valence-electron chi connectivity index (χ1n) is 6.68. The number of carbonyl (C=O) groups excluding carboxylic acids is 1. The maximum Gasteiger partial charge on any atom is 0.241 e. The Morgan fingerprint density at radius 2 is 1.82 bits per heavy atom. The molecule has 2 aromatic rings. The first-order chi connectivity index (χ1) is 10.3. The van der Waals surface area contributed by atoms with E-state index in [1.54, 1.807) is 43.3 Å². The van der Waals surface area contributed by atoms with E-state index in [4.69, 9.17) is 11.6 Å². The second-order valence-electron chi connectivity index (χ2n) is 4.98. The molecule has 116 valence electrons. The molecule has 0 aromatic heterocycles. The second-order valence-corrected chi connectivity index (χ2v) is 7.13. The molecule has 0 radical (unpaired) electrons. The van der Waals surface area contributed by atoms with Crippen molar-refractivity contribution in [3.63, 3.8) is 0 Å². The number of benzene rings is 2. The van der Waals surface area contributed by atoms with Crippen molar-refractivity contribution in [2.45, 2.75) is 24.8 Å². The van der Waals surface area contributed by atoms with Crippen LogP contribution in [0.5, 0.6) is 0 Å². The Labute approximate surface area is 135 Å². The van der Waals surface area contributed by atoms with Gasteiger partial charge in [0.05, 0.1) is 4.90 Å². The average molecular weight is 338 g/mol. The zero-order valence-electron chi connectivity index (χ0n) is 12.2. The molecule has 0 saturated carbocycles. The van der Waals surface area contributed by atoms with Gasteiger partial charge >= 0.3 is 0 Å². The van der Waals surface area contributed by atoms with Gasteiger partial charge in [-0.2, -0.15) is 0 Å². The average Bonchev–Trinajstić information content (AvgIpc) is 2.47. The fourth-order valence-electron chi connectivity index (χ4n) is 2.03. The first kappa shape index (κ1) is 16.7. The molecule has 0 aliphatic carbocycles. The maximum absolute atomic E-state index is 12.4. The Bertz CT molecular complexity index is 803. The van der Waals surface area contributed by atoms with E-state index in [-0.39, 0.29) is 10.7 Å². The Kier molecular flexibility index (Phi) is 5.01. The summed E-state index contributed by atoms with van der Waals surface area (Å²) in [5, 5.41) is 0.544. The van der Waals surface area contributed by atoms with Gasteiger partial charge in [0.25, 0.3) is 0 Å². The van der Waals surface area contributed by atoms with Gasteiger partial charge in [-0.05, 0) is 43.7 Å². The summed E-state index contributed by atoms with van der Waals surface area (Å²) in [7, 11) is -3.72. The molecule has 1 atom stereocenters. The molecule has 0 amide bonds. The summed E-state index contributed by atoms with van der Waals surface area (Å²) in [4.78, 5) is 11.4. The summed E-state index contributed by atoms with van der Waals surface area (Å²) in [5.74, 6) is -0.181. The SMILES string of the molecule is CC(=O)c1cccc(S(=O)(=O)NC(C)c2cccc(Cl)c2)c1. The van der Waals surface area contributed by atoms with E-state index >= 15 is 0 Å². The molecule has 1 unspecified atom stereocenters. The molecule has 2 rings (SSSR count). The normalized spacial score (nSPS) is 12.9. The molecule has 6 heteroatoms. The molecular formula is C16H16ClNO3S. The first-order valence-corrected chi connectivity index (χ1v) is 8.54. The molecule has 0 spiro atoms. The van der Waals surface area contributed by atoms with Crippen LogP contribution in [0.1, 0.15) is 35.8 Å². The van der Waals surface area contributed by atoms with Crippen LogP contribution in [0.25, 0.3) is 0 Å². The van der Waals surface area contributed by atoms with Crippen molar-refractivity contribution >= 4 is 27.4 Å². The number of hydrogen-bond acceptors (Lipinski definition) is 3. The van der Waals surface area contributed by atoms with E-state index in [2.05, 4.69) is 4.72 Å². The van der Waals surface area contributed by atoms with E-state index in [1.807, 2.05) is 0 Å². The highest BCUT2D eigenvalue weighted by atomic mass is 35.5. The highest BCUT2D eigenvalue weighted by molar-refractivity contribution is 7.89. The zero-order valence-corrected chi connectivity index (χ0v) is 13.8. The van der Waals surface area contributed by atoms with Crippen molar-refractivity contribution < 1.29 is 13.2 Å². The number of Topliss-reactive ketones (excluding diaryl/α,β-unsaturated/α-hetero) is 1. The molecule has 0 fully saturated rings. The third kappa shape index (κ3) is 3.94. The van der Waals surface area contributed by atoms with Gasteiger partial charge in [-0.15, -0.1) is 0 Å². The van der Waals surface area contributed by atoms with Gasteiger partial charge in [0.15, 0.2) is 5.78 Å². The van der Waals surface area contributed by atoms with Crippen molar-refractivity contribution in [1.29, 1.82) is 0 Å². The highest BCUT2D eigenvalue weighted by Gasteiger charge is 2.19. The predicted molar refractivity (Wildman–Crippen MR) is 86.6 cm³/mol. The van der Waals surface area contributed by atoms with Gasteiger partial charge in [0, 0.05) is 16.6 Å². The molecule has 0 aliphatic heterocycles. The molecule has 0 heterocycles. The second kappa shape index (κ2) is 6.60. The molecule has 1 N–H and O–H groups in total. The fourth-order valence-corrected chi connectivity index (χ4v) is 3.50. The summed E-state index contributed by atoms with van der Waals surface area (Å²) in [5.41, 5.74) is 1.12. The Morgan fingerprint density at radius 3 is 2.45 bits per heavy atom. The van der Waals surface area contributed by atoms with Gasteiger partial charge < -0.3 is 0 Å². The zero-order chi connectivity index (χ0) is 16.3. The smallest absolute Gasteiger partial charge is 0.241 e. The Balaban J connectivity index is 2.27. The quantitative estimate of drug-likeness (QED) is 0.848. The van der Waals surface area contributed by atoms with Crippen LogP contribution in [0.15, 0.2) is 53.4 Å². The lowest BCUT2D eigenvalue weighted by molar-refractivity contribution is 0.101. The van der Waals surface area contributed by atoms with Crippen LogP contribution >= 0.6 is 11.6 Å². The summed E-state index contributed by atoms with van der Waals surface area (Å²) < 4.78 is 27.4. The van der Waals surface area contributed by atoms with Crippen molar-refractivity contribution in [2.75, 3.05) is 0 Å². The maximum atomic E-state index is 12.4. The van der Waals surface area contributed by atoms with E-state index < -0.39 is 16.1 Å². The number of nitrogens with one attached hydrogen (secondary N) is 1.